The van der Waals surface area contributed by atoms with Crippen molar-refractivity contribution >= 4 is 23.6 Å². The molecule has 28 heavy (non-hydrogen) atoms. The molecule has 1 saturated heterocycles. The van der Waals surface area contributed by atoms with Crippen molar-refractivity contribution in [3.05, 3.63) is 47.0 Å². The number of nitriles is 1. The maximum atomic E-state index is 13.2. The molecule has 1 heterocycles. The Morgan fingerprint density at radius 2 is 1.96 bits per heavy atom. The number of amides is 4. The molecule has 0 N–H and O–H groups in total. The van der Waals surface area contributed by atoms with Crippen molar-refractivity contribution < 1.29 is 19.2 Å². The van der Waals surface area contributed by atoms with Crippen LogP contribution >= 0.6 is 0 Å². The molecular formula is C21H21N3O4. The highest BCUT2D eigenvalue weighted by Crippen LogP contribution is 2.40. The molecule has 0 spiro atoms. The van der Waals surface area contributed by atoms with Crippen LogP contribution in [0, 0.1) is 16.7 Å². The van der Waals surface area contributed by atoms with Gasteiger partial charge in [-0.1, -0.05) is 18.2 Å². The van der Waals surface area contributed by atoms with E-state index in [9.17, 15) is 19.2 Å². The van der Waals surface area contributed by atoms with E-state index in [1.807, 2.05) is 12.1 Å². The summed E-state index contributed by atoms with van der Waals surface area (Å²) in [5.74, 6) is -1.70. The van der Waals surface area contributed by atoms with Crippen LogP contribution in [0.1, 0.15) is 48.5 Å². The number of hydrogen-bond donors (Lipinski definition) is 0. The van der Waals surface area contributed by atoms with Crippen LogP contribution in [0.5, 0.6) is 0 Å². The van der Waals surface area contributed by atoms with Crippen LogP contribution in [0.4, 0.5) is 4.79 Å². The summed E-state index contributed by atoms with van der Waals surface area (Å²) in [5.41, 5.74) is -0.223. The number of hydrogen-bond acceptors (Lipinski definition) is 5. The van der Waals surface area contributed by atoms with Gasteiger partial charge in [0.05, 0.1) is 18.2 Å². The summed E-state index contributed by atoms with van der Waals surface area (Å²) < 4.78 is 0. The van der Waals surface area contributed by atoms with Gasteiger partial charge in [-0.2, -0.15) is 5.26 Å². The first-order valence-electron chi connectivity index (χ1n) is 9.17. The topological polar surface area (TPSA) is 98.5 Å². The van der Waals surface area contributed by atoms with Gasteiger partial charge in [0.15, 0.2) is 5.78 Å². The molecule has 0 aromatic heterocycles. The minimum Gasteiger partial charge on any atom is -0.292 e. The fourth-order valence-corrected chi connectivity index (χ4v) is 3.76. The van der Waals surface area contributed by atoms with Crippen LogP contribution in [0.25, 0.3) is 0 Å². The summed E-state index contributed by atoms with van der Waals surface area (Å²) >= 11 is 0. The van der Waals surface area contributed by atoms with E-state index in [4.69, 9.17) is 5.26 Å². The lowest BCUT2D eigenvalue weighted by Gasteiger charge is -2.42. The van der Waals surface area contributed by atoms with E-state index in [2.05, 4.69) is 0 Å². The molecule has 0 bridgehead atoms. The van der Waals surface area contributed by atoms with E-state index in [-0.39, 0.29) is 5.56 Å². The Morgan fingerprint density at radius 3 is 2.61 bits per heavy atom. The second-order valence-corrected chi connectivity index (χ2v) is 7.25. The van der Waals surface area contributed by atoms with Gasteiger partial charge in [0.1, 0.15) is 5.41 Å². The monoisotopic (exact) mass is 379 g/mol. The van der Waals surface area contributed by atoms with Crippen molar-refractivity contribution in [2.45, 2.75) is 32.6 Å². The van der Waals surface area contributed by atoms with E-state index >= 15 is 0 Å². The lowest BCUT2D eigenvalue weighted by atomic mass is 9.73. The molecule has 2 aliphatic rings. The van der Waals surface area contributed by atoms with Crippen molar-refractivity contribution in [3.8, 4) is 6.07 Å². The third-order valence-electron chi connectivity index (χ3n) is 5.47. The maximum Gasteiger partial charge on any atom is 0.333 e. The largest absolute Gasteiger partial charge is 0.333 e. The molecule has 1 aromatic carbocycles. The smallest absolute Gasteiger partial charge is 0.292 e. The summed E-state index contributed by atoms with van der Waals surface area (Å²) in [4.78, 5) is 53.1. The number of imide groups is 2. The quantitative estimate of drug-likeness (QED) is 0.455. The molecule has 4 amide bonds. The molecule has 1 aromatic rings. The minimum atomic E-state index is -1.47. The predicted molar refractivity (Wildman–Crippen MR) is 100 cm³/mol. The first-order valence-corrected chi connectivity index (χ1v) is 9.17. The number of urea groups is 1. The van der Waals surface area contributed by atoms with Crippen LogP contribution in [0.2, 0.25) is 0 Å². The van der Waals surface area contributed by atoms with Gasteiger partial charge in [-0.3, -0.25) is 24.2 Å². The molecule has 1 aliphatic heterocycles. The number of ketones is 1. The van der Waals surface area contributed by atoms with E-state index in [0.29, 0.717) is 17.6 Å². The fraction of sp³-hybridized carbons (Fsp3) is 0.381. The number of benzene rings is 1. The number of carbonyl (C=O) groups is 4. The summed E-state index contributed by atoms with van der Waals surface area (Å²) in [6.07, 6.45) is 5.16. The molecule has 1 fully saturated rings. The molecular weight excluding hydrogens is 358 g/mol. The van der Waals surface area contributed by atoms with Crippen molar-refractivity contribution in [2.24, 2.45) is 5.41 Å². The van der Waals surface area contributed by atoms with Crippen LogP contribution in [-0.4, -0.2) is 47.0 Å². The zero-order chi connectivity index (χ0) is 20.5. The third kappa shape index (κ3) is 3.11. The number of allylic oxidation sites excluding steroid dienone is 1. The first-order chi connectivity index (χ1) is 13.3. The van der Waals surface area contributed by atoms with Gasteiger partial charge in [0, 0.05) is 12.6 Å². The molecule has 1 atom stereocenters. The lowest BCUT2D eigenvalue weighted by molar-refractivity contribution is -0.153. The van der Waals surface area contributed by atoms with Gasteiger partial charge < -0.3 is 0 Å². The lowest BCUT2D eigenvalue weighted by Crippen LogP contribution is -2.64. The molecule has 0 saturated carbocycles. The molecule has 0 radical (unpaired) electrons. The van der Waals surface area contributed by atoms with Crippen LogP contribution in [0.15, 0.2) is 35.9 Å². The Balaban J connectivity index is 1.93. The van der Waals surface area contributed by atoms with Crippen molar-refractivity contribution in [3.63, 3.8) is 0 Å². The number of barbiturate groups is 1. The normalized spacial score (nSPS) is 22.8. The Bertz CT molecular complexity index is 943. The number of Topliss-reactive ketones (excluding diaryl/α,β-unsaturated/α-hetero) is 1. The molecule has 7 heteroatoms. The highest BCUT2D eigenvalue weighted by molar-refractivity contribution is 6.21. The summed E-state index contributed by atoms with van der Waals surface area (Å²) in [5, 5.41) is 9.00. The zero-order valence-electron chi connectivity index (χ0n) is 15.9. The number of rotatable bonds is 4. The average Bonchev–Trinajstić information content (AvgIpc) is 2.74. The van der Waals surface area contributed by atoms with Gasteiger partial charge in [-0.15, -0.1) is 0 Å². The van der Waals surface area contributed by atoms with Crippen molar-refractivity contribution in [2.75, 3.05) is 13.6 Å². The van der Waals surface area contributed by atoms with Gasteiger partial charge >= 0.3 is 6.03 Å². The Morgan fingerprint density at radius 1 is 1.21 bits per heavy atom. The minimum absolute atomic E-state index is 0.234. The van der Waals surface area contributed by atoms with Crippen LogP contribution < -0.4 is 0 Å². The second-order valence-electron chi connectivity index (χ2n) is 7.25. The average molecular weight is 379 g/mol. The van der Waals surface area contributed by atoms with Gasteiger partial charge in [-0.05, 0) is 50.3 Å². The Labute approximate surface area is 163 Å². The Hall–Kier alpha value is -3.27. The fourth-order valence-electron chi connectivity index (χ4n) is 3.76. The molecule has 3 rings (SSSR count). The summed E-state index contributed by atoms with van der Waals surface area (Å²) in [7, 11) is 1.33. The van der Waals surface area contributed by atoms with E-state index in [1.54, 1.807) is 12.1 Å². The first kappa shape index (κ1) is 19.5. The maximum absolute atomic E-state index is 13.2. The summed E-state index contributed by atoms with van der Waals surface area (Å²) in [6, 6.07) is 7.21. The van der Waals surface area contributed by atoms with Crippen LogP contribution in [-0.2, 0) is 9.59 Å². The second kappa shape index (κ2) is 7.39. The van der Waals surface area contributed by atoms with E-state index in [0.717, 1.165) is 29.1 Å². The van der Waals surface area contributed by atoms with Crippen molar-refractivity contribution in [1.29, 1.82) is 5.26 Å². The third-order valence-corrected chi connectivity index (χ3v) is 5.47. The van der Waals surface area contributed by atoms with Gasteiger partial charge in [-0.25, -0.2) is 4.79 Å². The molecule has 144 valence electrons. The SMILES string of the molecule is CN1C(=O)N(CC(=O)c2cccc(C#N)c2)C(=O)C(C)(C2=CCCCC2)C1=O. The number of nitrogens with zero attached hydrogens (tertiary/aromatic N) is 3. The van der Waals surface area contributed by atoms with E-state index < -0.39 is 35.6 Å². The highest BCUT2D eigenvalue weighted by atomic mass is 16.2. The van der Waals surface area contributed by atoms with Gasteiger partial charge in [0.2, 0.25) is 5.91 Å². The highest BCUT2D eigenvalue weighted by Gasteiger charge is 2.55. The standard InChI is InChI=1S/C21H21N3O4/c1-21(16-9-4-3-5-10-16)18(26)23(2)20(28)24(19(21)27)13-17(25)15-8-6-7-14(11-15)12-22/h6-9,11H,3-5,10,13H2,1-2H3. The summed E-state index contributed by atoms with van der Waals surface area (Å²) in [6.45, 7) is 1.05. The van der Waals surface area contributed by atoms with Gasteiger partial charge in [0.25, 0.3) is 5.91 Å². The number of carbonyl (C=O) groups excluding carboxylic acids is 4. The van der Waals surface area contributed by atoms with Crippen LogP contribution in [0.3, 0.4) is 0 Å². The molecule has 1 aliphatic carbocycles. The molecule has 1 unspecified atom stereocenters. The van der Waals surface area contributed by atoms with Crippen molar-refractivity contribution in [1.82, 2.24) is 9.80 Å². The predicted octanol–water partition coefficient (Wildman–Crippen LogP) is 2.67. The van der Waals surface area contributed by atoms with E-state index in [1.165, 1.54) is 26.1 Å². The zero-order valence-corrected chi connectivity index (χ0v) is 15.9. The molecule has 7 nitrogen and oxygen atoms in total. The Kier molecular flexibility index (Phi) is 5.14.